The number of rotatable bonds is 52. The van der Waals surface area contributed by atoms with Crippen LogP contribution in [0.4, 0.5) is 0 Å². The summed E-state index contributed by atoms with van der Waals surface area (Å²) in [6.45, 7) is 4.59. The summed E-state index contributed by atoms with van der Waals surface area (Å²) in [5.41, 5.74) is 0. The first-order chi connectivity index (χ1) is 33.5. The molecular formula is C60H111N2O6P. The van der Waals surface area contributed by atoms with Crippen LogP contribution in [0.2, 0.25) is 0 Å². The van der Waals surface area contributed by atoms with Gasteiger partial charge in [-0.05, 0) is 64.2 Å². The second-order valence-corrected chi connectivity index (χ2v) is 22.0. The number of hydrogen-bond donors (Lipinski definition) is 2. The third-order valence-electron chi connectivity index (χ3n) is 12.7. The fourth-order valence-corrected chi connectivity index (χ4v) is 8.94. The van der Waals surface area contributed by atoms with Gasteiger partial charge in [0.1, 0.15) is 13.2 Å². The maximum Gasteiger partial charge on any atom is 0.268 e. The van der Waals surface area contributed by atoms with Gasteiger partial charge in [-0.25, -0.2) is 0 Å². The van der Waals surface area contributed by atoms with Crippen molar-refractivity contribution >= 4 is 13.7 Å². The molecule has 69 heavy (non-hydrogen) atoms. The lowest BCUT2D eigenvalue weighted by Gasteiger charge is -2.30. The van der Waals surface area contributed by atoms with Crippen LogP contribution in [0.1, 0.15) is 251 Å². The zero-order valence-electron chi connectivity index (χ0n) is 45.8. The highest BCUT2D eigenvalue weighted by Gasteiger charge is 2.24. The number of aliphatic hydroxyl groups excluding tert-OH is 1. The van der Waals surface area contributed by atoms with Crippen molar-refractivity contribution < 1.29 is 32.9 Å². The van der Waals surface area contributed by atoms with E-state index in [1.165, 1.54) is 148 Å². The Morgan fingerprint density at radius 3 is 1.29 bits per heavy atom. The molecule has 0 heterocycles. The molecule has 0 saturated heterocycles. The Labute approximate surface area is 427 Å². The molecule has 9 heteroatoms. The van der Waals surface area contributed by atoms with E-state index in [2.05, 4.69) is 92.1 Å². The number of nitrogens with zero attached hydrogens (tertiary/aromatic N) is 1. The van der Waals surface area contributed by atoms with Crippen LogP contribution in [0, 0.1) is 0 Å². The molecule has 0 saturated carbocycles. The van der Waals surface area contributed by atoms with E-state index in [1.807, 2.05) is 21.1 Å². The van der Waals surface area contributed by atoms with E-state index in [-0.39, 0.29) is 19.1 Å². The quantitative estimate of drug-likeness (QED) is 0.0272. The van der Waals surface area contributed by atoms with Gasteiger partial charge < -0.3 is 28.8 Å². The molecule has 3 unspecified atom stereocenters. The van der Waals surface area contributed by atoms with E-state index < -0.39 is 20.0 Å². The maximum atomic E-state index is 12.9. The Kier molecular flexibility index (Phi) is 49.3. The van der Waals surface area contributed by atoms with Gasteiger partial charge in [0.25, 0.3) is 7.82 Å². The predicted molar refractivity (Wildman–Crippen MR) is 297 cm³/mol. The highest BCUT2D eigenvalue weighted by Crippen LogP contribution is 2.38. The molecule has 0 aliphatic rings. The summed E-state index contributed by atoms with van der Waals surface area (Å²) in [5, 5.41) is 13.9. The summed E-state index contributed by atoms with van der Waals surface area (Å²) in [5.74, 6) is -0.166. The lowest BCUT2D eigenvalue weighted by atomic mass is 10.0. The van der Waals surface area contributed by atoms with Crippen LogP contribution in [0.25, 0.3) is 0 Å². The Balaban J connectivity index is 3.91. The van der Waals surface area contributed by atoms with E-state index >= 15 is 0 Å². The van der Waals surface area contributed by atoms with Crippen LogP contribution in [-0.2, 0) is 18.4 Å². The summed E-state index contributed by atoms with van der Waals surface area (Å²) in [4.78, 5) is 25.4. The summed E-state index contributed by atoms with van der Waals surface area (Å²) >= 11 is 0. The molecule has 2 N–H and O–H groups in total. The van der Waals surface area contributed by atoms with Crippen molar-refractivity contribution in [1.82, 2.24) is 5.32 Å². The maximum absolute atomic E-state index is 12.9. The van der Waals surface area contributed by atoms with Gasteiger partial charge in [0.2, 0.25) is 5.91 Å². The summed E-state index contributed by atoms with van der Waals surface area (Å²) in [7, 11) is 1.30. The lowest BCUT2D eigenvalue weighted by molar-refractivity contribution is -0.870. The average Bonchev–Trinajstić information content (AvgIpc) is 3.31. The van der Waals surface area contributed by atoms with E-state index in [0.29, 0.717) is 23.9 Å². The van der Waals surface area contributed by atoms with Crippen molar-refractivity contribution in [2.75, 3.05) is 40.9 Å². The third-order valence-corrected chi connectivity index (χ3v) is 13.7. The predicted octanol–water partition coefficient (Wildman–Crippen LogP) is 16.9. The monoisotopic (exact) mass is 987 g/mol. The van der Waals surface area contributed by atoms with Crippen molar-refractivity contribution in [3.05, 3.63) is 72.9 Å². The molecule has 0 fully saturated rings. The number of amides is 1. The number of unbranched alkanes of at least 4 members (excludes halogenated alkanes) is 27. The van der Waals surface area contributed by atoms with Gasteiger partial charge in [-0.3, -0.25) is 9.36 Å². The number of allylic oxidation sites excluding steroid dienone is 12. The number of aliphatic hydroxyl groups is 1. The molecule has 1 amide bonds. The standard InChI is InChI=1S/C60H111N2O6P/c1-6-8-10-12-14-16-18-19-20-21-22-23-24-25-26-27-28-29-30-31-32-33-34-35-36-37-38-39-40-41-42-43-44-46-48-50-52-54-60(64)61-58(57-68-69(65,66)67-56-55-62(3,4)5)59(63)53-51-49-47-45-17-15-13-11-9-7-2/h8,10,14,16,19-20,22-23,25-26,28-29,58-59,63H,6-7,9,11-13,15,17-18,21,24,27,30-57H2,1-5H3,(H-,61,64,65,66)/b10-8-,16-14-,20-19-,23-22-,26-25-,29-28-. The Morgan fingerprint density at radius 2 is 0.884 bits per heavy atom. The van der Waals surface area contributed by atoms with Crippen LogP contribution < -0.4 is 10.2 Å². The van der Waals surface area contributed by atoms with E-state index in [0.717, 1.165) is 77.0 Å². The smallest absolute Gasteiger partial charge is 0.268 e. The number of nitrogens with one attached hydrogen (secondary N) is 1. The van der Waals surface area contributed by atoms with Crippen LogP contribution in [-0.4, -0.2) is 68.5 Å². The molecule has 0 aromatic rings. The van der Waals surface area contributed by atoms with Crippen molar-refractivity contribution in [3.8, 4) is 0 Å². The second-order valence-electron chi connectivity index (χ2n) is 20.6. The number of carbonyl (C=O) groups excluding carboxylic acids is 1. The first-order valence-corrected chi connectivity index (χ1v) is 30.2. The van der Waals surface area contributed by atoms with Crippen molar-refractivity contribution in [2.45, 2.75) is 264 Å². The van der Waals surface area contributed by atoms with Crippen LogP contribution in [0.5, 0.6) is 0 Å². The lowest BCUT2D eigenvalue weighted by Crippen LogP contribution is -2.46. The van der Waals surface area contributed by atoms with Gasteiger partial charge in [-0.2, -0.15) is 0 Å². The molecule has 402 valence electrons. The summed E-state index contributed by atoms with van der Waals surface area (Å²) < 4.78 is 23.3. The Bertz CT molecular complexity index is 1350. The van der Waals surface area contributed by atoms with E-state index in [9.17, 15) is 19.4 Å². The topological polar surface area (TPSA) is 108 Å². The number of quaternary nitrogens is 1. The first kappa shape index (κ1) is 66.9. The van der Waals surface area contributed by atoms with Gasteiger partial charge >= 0.3 is 0 Å². The molecule has 0 spiro atoms. The SMILES string of the molecule is CC/C=C\C/C=C\C/C=C\C/C=C\C/C=C\C/C=C\CCCCCCCCCCCCCCCCCCCCC(=O)NC(COP(=O)([O-])OCC[N+](C)(C)C)C(O)CCCCCCCCCCCC. The fraction of sp³-hybridized carbons (Fsp3) is 0.783. The molecule has 0 aromatic heterocycles. The second kappa shape index (κ2) is 50.9. The summed E-state index contributed by atoms with van der Waals surface area (Å²) in [6.07, 6.45) is 69.6. The summed E-state index contributed by atoms with van der Waals surface area (Å²) in [6, 6.07) is -0.800. The molecule has 0 aromatic carbocycles. The van der Waals surface area contributed by atoms with Gasteiger partial charge in [0, 0.05) is 6.42 Å². The van der Waals surface area contributed by atoms with Crippen LogP contribution in [0.15, 0.2) is 72.9 Å². The van der Waals surface area contributed by atoms with Gasteiger partial charge in [-0.1, -0.05) is 254 Å². The fourth-order valence-electron chi connectivity index (χ4n) is 8.22. The van der Waals surface area contributed by atoms with Crippen molar-refractivity contribution in [2.24, 2.45) is 0 Å². The van der Waals surface area contributed by atoms with Gasteiger partial charge in [-0.15, -0.1) is 0 Å². The minimum absolute atomic E-state index is 0.0115. The van der Waals surface area contributed by atoms with Crippen LogP contribution in [0.3, 0.4) is 0 Å². The minimum atomic E-state index is -4.57. The van der Waals surface area contributed by atoms with E-state index in [4.69, 9.17) is 9.05 Å². The number of likely N-dealkylation sites (N-methyl/N-ethyl adjacent to an activating group) is 1. The van der Waals surface area contributed by atoms with Crippen LogP contribution >= 0.6 is 7.82 Å². The number of phosphoric acid groups is 1. The van der Waals surface area contributed by atoms with Crippen molar-refractivity contribution in [1.29, 1.82) is 0 Å². The average molecular weight is 988 g/mol. The Morgan fingerprint density at radius 1 is 0.522 bits per heavy atom. The molecule has 8 nitrogen and oxygen atoms in total. The molecule has 3 atom stereocenters. The highest BCUT2D eigenvalue weighted by molar-refractivity contribution is 7.45. The number of hydrogen-bond acceptors (Lipinski definition) is 6. The molecule has 0 radical (unpaired) electrons. The molecule has 0 bridgehead atoms. The zero-order chi connectivity index (χ0) is 50.6. The van der Waals surface area contributed by atoms with Crippen molar-refractivity contribution in [3.63, 3.8) is 0 Å². The largest absolute Gasteiger partial charge is 0.756 e. The minimum Gasteiger partial charge on any atom is -0.756 e. The molecule has 0 aliphatic heterocycles. The number of carbonyl (C=O) groups is 1. The molecule has 0 rings (SSSR count). The normalized spacial score (nSPS) is 14.5. The highest BCUT2D eigenvalue weighted by atomic mass is 31.2. The van der Waals surface area contributed by atoms with E-state index in [1.54, 1.807) is 0 Å². The molecular weight excluding hydrogens is 876 g/mol. The number of phosphoric ester groups is 1. The zero-order valence-corrected chi connectivity index (χ0v) is 46.6. The van der Waals surface area contributed by atoms with Gasteiger partial charge in [0.15, 0.2) is 0 Å². The first-order valence-electron chi connectivity index (χ1n) is 28.8. The molecule has 0 aliphatic carbocycles. The van der Waals surface area contributed by atoms with Gasteiger partial charge in [0.05, 0.1) is 39.9 Å². The Hall–Kier alpha value is -2.06. The third kappa shape index (κ3) is 53.6.